The number of aromatic nitrogens is 6. The molecule has 1 aliphatic heterocycles. The Hall–Kier alpha value is -2.85. The second-order valence-corrected chi connectivity index (χ2v) is 6.31. The van der Waals surface area contributed by atoms with E-state index in [1.807, 2.05) is 13.2 Å². The monoisotopic (exact) mass is 366 g/mol. The number of hydrogen-bond donors (Lipinski definition) is 1. The molecule has 0 aliphatic carbocycles. The molecule has 1 saturated heterocycles. The molecule has 1 aliphatic rings. The molecule has 0 aromatic carbocycles. The zero-order valence-electron chi connectivity index (χ0n) is 14.0. The maximum absolute atomic E-state index is 13.0. The quantitative estimate of drug-likeness (QED) is 0.764. The van der Waals surface area contributed by atoms with Crippen LogP contribution in [0.15, 0.2) is 24.5 Å². The molecule has 0 radical (unpaired) electrons. The minimum absolute atomic E-state index is 0.0588. The fourth-order valence-corrected chi connectivity index (χ4v) is 3.15. The summed E-state index contributed by atoms with van der Waals surface area (Å²) in [5.41, 5.74) is 1.09. The van der Waals surface area contributed by atoms with Gasteiger partial charge in [0.05, 0.1) is 11.9 Å². The highest BCUT2D eigenvalue weighted by Gasteiger charge is 2.37. The van der Waals surface area contributed by atoms with Gasteiger partial charge in [-0.2, -0.15) is 22.8 Å². The molecule has 1 unspecified atom stereocenters. The van der Waals surface area contributed by atoms with Gasteiger partial charge in [0.2, 0.25) is 0 Å². The van der Waals surface area contributed by atoms with Gasteiger partial charge in [0.25, 0.3) is 5.82 Å². The van der Waals surface area contributed by atoms with Gasteiger partial charge in [0.15, 0.2) is 5.65 Å². The Labute approximate surface area is 146 Å². The van der Waals surface area contributed by atoms with Crippen LogP contribution in [0.1, 0.15) is 18.7 Å². The summed E-state index contributed by atoms with van der Waals surface area (Å²) in [6, 6.07) is 3.16. The van der Waals surface area contributed by atoms with Gasteiger partial charge in [-0.15, -0.1) is 15.3 Å². The number of halogens is 3. The van der Waals surface area contributed by atoms with Gasteiger partial charge in [0, 0.05) is 32.4 Å². The number of alkyl halides is 3. The molecule has 1 atom stereocenters. The van der Waals surface area contributed by atoms with Crippen molar-refractivity contribution in [3.05, 3.63) is 30.4 Å². The topological polar surface area (TPSA) is 76.2 Å². The van der Waals surface area contributed by atoms with E-state index < -0.39 is 12.0 Å². The van der Waals surface area contributed by atoms with Gasteiger partial charge in [0.1, 0.15) is 5.82 Å². The lowest BCUT2D eigenvalue weighted by atomic mass is 10.1. The van der Waals surface area contributed by atoms with Crippen molar-refractivity contribution < 1.29 is 13.2 Å². The first kappa shape index (κ1) is 16.6. The molecular formula is C15H17F3N8. The highest BCUT2D eigenvalue weighted by molar-refractivity contribution is 5.47. The first-order chi connectivity index (χ1) is 12.4. The first-order valence-electron chi connectivity index (χ1n) is 8.20. The number of piperidine rings is 1. The van der Waals surface area contributed by atoms with Crippen LogP contribution in [0, 0.1) is 0 Å². The van der Waals surface area contributed by atoms with Crippen molar-refractivity contribution in [2.75, 3.05) is 23.3 Å². The van der Waals surface area contributed by atoms with E-state index in [9.17, 15) is 13.2 Å². The normalized spacial score (nSPS) is 18.5. The van der Waals surface area contributed by atoms with E-state index >= 15 is 0 Å². The number of anilines is 2. The summed E-state index contributed by atoms with van der Waals surface area (Å²) in [5, 5.41) is 18.1. The molecule has 4 heterocycles. The minimum Gasteiger partial charge on any atom is -0.367 e. The molecule has 138 valence electrons. The van der Waals surface area contributed by atoms with Crippen LogP contribution >= 0.6 is 0 Å². The lowest BCUT2D eigenvalue weighted by Gasteiger charge is -2.34. The Bertz CT molecular complexity index is 915. The molecule has 1 fully saturated rings. The fraction of sp³-hybridized carbons (Fsp3) is 0.467. The molecule has 1 N–H and O–H groups in total. The average Bonchev–Trinajstić information content (AvgIpc) is 3.20. The predicted molar refractivity (Wildman–Crippen MR) is 87.8 cm³/mol. The SMILES string of the molecule is Cn1cc(N2CCCC(Nc3ccc4nnc(C(F)(F)F)n4n3)C2)cn1. The fourth-order valence-electron chi connectivity index (χ4n) is 3.15. The summed E-state index contributed by atoms with van der Waals surface area (Å²) in [5.74, 6) is -0.766. The van der Waals surface area contributed by atoms with Gasteiger partial charge < -0.3 is 10.2 Å². The average molecular weight is 366 g/mol. The van der Waals surface area contributed by atoms with E-state index in [1.54, 1.807) is 16.9 Å². The van der Waals surface area contributed by atoms with Crippen LogP contribution in [-0.2, 0) is 13.2 Å². The largest absolute Gasteiger partial charge is 0.453 e. The minimum atomic E-state index is -4.60. The lowest BCUT2D eigenvalue weighted by molar-refractivity contribution is -0.146. The van der Waals surface area contributed by atoms with Crippen molar-refractivity contribution in [2.45, 2.75) is 25.1 Å². The third-order valence-electron chi connectivity index (χ3n) is 4.35. The molecule has 0 amide bonds. The van der Waals surface area contributed by atoms with Crippen LogP contribution in [-0.4, -0.2) is 48.7 Å². The van der Waals surface area contributed by atoms with Crippen molar-refractivity contribution in [1.29, 1.82) is 0 Å². The van der Waals surface area contributed by atoms with Gasteiger partial charge in [-0.25, -0.2) is 0 Å². The van der Waals surface area contributed by atoms with Gasteiger partial charge in [-0.3, -0.25) is 4.68 Å². The van der Waals surface area contributed by atoms with E-state index in [4.69, 9.17) is 0 Å². The Morgan fingerprint density at radius 3 is 2.81 bits per heavy atom. The van der Waals surface area contributed by atoms with Gasteiger partial charge in [-0.05, 0) is 25.0 Å². The van der Waals surface area contributed by atoms with Crippen LogP contribution in [0.2, 0.25) is 0 Å². The summed E-state index contributed by atoms with van der Waals surface area (Å²) in [7, 11) is 1.86. The van der Waals surface area contributed by atoms with E-state index in [0.29, 0.717) is 5.82 Å². The second-order valence-electron chi connectivity index (χ2n) is 6.31. The second kappa shape index (κ2) is 6.15. The molecule has 0 saturated carbocycles. The first-order valence-corrected chi connectivity index (χ1v) is 8.20. The molecular weight excluding hydrogens is 349 g/mol. The number of rotatable bonds is 3. The van der Waals surface area contributed by atoms with Gasteiger partial charge >= 0.3 is 6.18 Å². The summed E-state index contributed by atoms with van der Waals surface area (Å²) in [6.07, 6.45) is 1.02. The third kappa shape index (κ3) is 3.16. The van der Waals surface area contributed by atoms with Crippen molar-refractivity contribution >= 4 is 17.2 Å². The predicted octanol–water partition coefficient (Wildman–Crippen LogP) is 1.96. The standard InChI is InChI=1S/C15H17F3N8/c1-24-9-11(7-19-24)25-6-2-3-10(8-25)20-12-4-5-13-21-22-14(15(16,17)18)26(13)23-12/h4-5,7,9-10H,2-3,6,8H2,1H3,(H,20,23). The van der Waals surface area contributed by atoms with Crippen molar-refractivity contribution in [1.82, 2.24) is 29.6 Å². The van der Waals surface area contributed by atoms with E-state index in [2.05, 4.69) is 30.6 Å². The van der Waals surface area contributed by atoms with Crippen LogP contribution in [0.25, 0.3) is 5.65 Å². The summed E-state index contributed by atoms with van der Waals surface area (Å²) < 4.78 is 41.4. The Morgan fingerprint density at radius 2 is 2.08 bits per heavy atom. The highest BCUT2D eigenvalue weighted by Crippen LogP contribution is 2.28. The molecule has 3 aromatic heterocycles. The highest BCUT2D eigenvalue weighted by atomic mass is 19.4. The Kier molecular flexibility index (Phi) is 3.93. The molecule has 0 spiro atoms. The van der Waals surface area contributed by atoms with Gasteiger partial charge in [-0.1, -0.05) is 0 Å². The summed E-state index contributed by atoms with van der Waals surface area (Å²) in [6.45, 7) is 1.64. The Balaban J connectivity index is 1.53. The number of aryl methyl sites for hydroxylation is 1. The van der Waals surface area contributed by atoms with Crippen molar-refractivity contribution in [2.24, 2.45) is 7.05 Å². The zero-order valence-corrected chi connectivity index (χ0v) is 14.0. The van der Waals surface area contributed by atoms with E-state index in [1.165, 1.54) is 6.07 Å². The number of fused-ring (bicyclic) bond motifs is 1. The van der Waals surface area contributed by atoms with E-state index in [0.717, 1.165) is 36.1 Å². The van der Waals surface area contributed by atoms with E-state index in [-0.39, 0.29) is 11.7 Å². The molecule has 0 bridgehead atoms. The molecule has 3 aromatic rings. The third-order valence-corrected chi connectivity index (χ3v) is 4.35. The molecule has 4 rings (SSSR count). The smallest absolute Gasteiger partial charge is 0.367 e. The van der Waals surface area contributed by atoms with Crippen molar-refractivity contribution in [3.63, 3.8) is 0 Å². The zero-order chi connectivity index (χ0) is 18.3. The molecule has 8 nitrogen and oxygen atoms in total. The molecule has 11 heteroatoms. The summed E-state index contributed by atoms with van der Waals surface area (Å²) in [4.78, 5) is 2.20. The number of nitrogens with one attached hydrogen (secondary N) is 1. The Morgan fingerprint density at radius 1 is 1.23 bits per heavy atom. The number of hydrogen-bond acceptors (Lipinski definition) is 6. The van der Waals surface area contributed by atoms with Crippen LogP contribution in [0.5, 0.6) is 0 Å². The summed E-state index contributed by atoms with van der Waals surface area (Å²) >= 11 is 0. The lowest BCUT2D eigenvalue weighted by Crippen LogP contribution is -2.42. The molecule has 26 heavy (non-hydrogen) atoms. The maximum Gasteiger partial charge on any atom is 0.453 e. The van der Waals surface area contributed by atoms with Crippen LogP contribution in [0.4, 0.5) is 24.7 Å². The van der Waals surface area contributed by atoms with Crippen molar-refractivity contribution in [3.8, 4) is 0 Å². The maximum atomic E-state index is 13.0. The number of nitrogens with zero attached hydrogens (tertiary/aromatic N) is 7. The van der Waals surface area contributed by atoms with Crippen LogP contribution in [0.3, 0.4) is 0 Å². The van der Waals surface area contributed by atoms with Crippen LogP contribution < -0.4 is 10.2 Å².